The van der Waals surface area contributed by atoms with Crippen molar-refractivity contribution in [2.75, 3.05) is 13.7 Å². The molecule has 5 N–H and O–H groups in total. The summed E-state index contributed by atoms with van der Waals surface area (Å²) in [7, 11) is 1.62. The molecule has 0 spiro atoms. The molecule has 1 heterocycles. The van der Waals surface area contributed by atoms with E-state index in [2.05, 4.69) is 34.6 Å². The van der Waals surface area contributed by atoms with Crippen molar-refractivity contribution in [2.45, 2.75) is 39.8 Å². The second-order valence-corrected chi connectivity index (χ2v) is 10.6. The van der Waals surface area contributed by atoms with Crippen LogP contribution >= 0.6 is 0 Å². The molecule has 0 aliphatic heterocycles. The zero-order valence-electron chi connectivity index (χ0n) is 25.0. The normalized spacial score (nSPS) is 11.3. The fourth-order valence-electron chi connectivity index (χ4n) is 4.35. The highest BCUT2D eigenvalue weighted by molar-refractivity contribution is 5.95. The Labute approximate surface area is 255 Å². The Morgan fingerprint density at radius 3 is 2.23 bits per heavy atom. The summed E-state index contributed by atoms with van der Waals surface area (Å²) in [5, 5.41) is 32.9. The van der Waals surface area contributed by atoms with Crippen LogP contribution in [0.15, 0.2) is 72.8 Å². The number of hydrogen-bond donors (Lipinski definition) is 4. The SMILES string of the molecule is CC(C)C[C@H](CN)CC(=O)O.COc1ccc(Cn2nnc(-c3cccc(C(=O)NCc4ccc(C(=O)O)cc4)c3)n2)cc1. The first-order valence-electron chi connectivity index (χ1n) is 14.1. The molecule has 0 aliphatic carbocycles. The van der Waals surface area contributed by atoms with Gasteiger partial charge in [0.05, 0.1) is 19.2 Å². The third-order valence-corrected chi connectivity index (χ3v) is 6.57. The van der Waals surface area contributed by atoms with Crippen LogP contribution in [0.1, 0.15) is 58.5 Å². The second kappa shape index (κ2) is 16.5. The zero-order valence-corrected chi connectivity index (χ0v) is 25.0. The van der Waals surface area contributed by atoms with Crippen LogP contribution in [0, 0.1) is 11.8 Å². The zero-order chi connectivity index (χ0) is 32.1. The molecule has 44 heavy (non-hydrogen) atoms. The summed E-state index contributed by atoms with van der Waals surface area (Å²) >= 11 is 0. The van der Waals surface area contributed by atoms with Crippen LogP contribution in [-0.4, -0.2) is 61.9 Å². The molecule has 3 aromatic carbocycles. The Balaban J connectivity index is 0.000000411. The molecule has 0 unspecified atom stereocenters. The Morgan fingerprint density at radius 2 is 1.64 bits per heavy atom. The topological polar surface area (TPSA) is 183 Å². The van der Waals surface area contributed by atoms with Gasteiger partial charge in [-0.3, -0.25) is 9.59 Å². The molecule has 12 nitrogen and oxygen atoms in total. The maximum absolute atomic E-state index is 12.6. The number of carboxylic acids is 2. The Bertz CT molecular complexity index is 1520. The van der Waals surface area contributed by atoms with Gasteiger partial charge in [0.15, 0.2) is 0 Å². The van der Waals surface area contributed by atoms with E-state index >= 15 is 0 Å². The number of rotatable bonds is 13. The van der Waals surface area contributed by atoms with Crippen molar-refractivity contribution < 1.29 is 29.3 Å². The van der Waals surface area contributed by atoms with Gasteiger partial charge in [-0.15, -0.1) is 10.2 Å². The molecule has 0 bridgehead atoms. The first-order chi connectivity index (χ1) is 21.1. The van der Waals surface area contributed by atoms with Crippen molar-refractivity contribution in [3.05, 3.63) is 95.1 Å². The molecule has 0 saturated carbocycles. The lowest BCUT2D eigenvalue weighted by Gasteiger charge is -2.13. The lowest BCUT2D eigenvalue weighted by molar-refractivity contribution is -0.138. The third kappa shape index (κ3) is 10.6. The lowest BCUT2D eigenvalue weighted by atomic mass is 9.94. The van der Waals surface area contributed by atoms with E-state index in [-0.39, 0.29) is 30.4 Å². The number of nitrogens with one attached hydrogen (secondary N) is 1. The van der Waals surface area contributed by atoms with Crippen LogP contribution in [-0.2, 0) is 17.9 Å². The maximum atomic E-state index is 12.6. The van der Waals surface area contributed by atoms with Gasteiger partial charge in [0.1, 0.15) is 5.75 Å². The Kier molecular flexibility index (Phi) is 12.5. The van der Waals surface area contributed by atoms with Gasteiger partial charge >= 0.3 is 11.9 Å². The standard InChI is InChI=1S/C24H21N5O4.C8H17NO2/c1-33-21-11-7-17(8-12-21)15-29-27-22(26-28-29)19-3-2-4-20(13-19)23(30)25-14-16-5-9-18(10-6-16)24(31)32;1-6(2)3-7(5-9)4-8(10)11/h2-13H,14-15H2,1H3,(H,25,30)(H,31,32);6-7H,3-5,9H2,1-2H3,(H,10,11)/t;7-/m.0/s1. The molecule has 4 aromatic rings. The summed E-state index contributed by atoms with van der Waals surface area (Å²) in [6.45, 7) is 5.36. The summed E-state index contributed by atoms with van der Waals surface area (Å²) < 4.78 is 5.16. The highest BCUT2D eigenvalue weighted by Gasteiger charge is 2.13. The van der Waals surface area contributed by atoms with E-state index in [0.29, 0.717) is 36.0 Å². The summed E-state index contributed by atoms with van der Waals surface area (Å²) in [5.41, 5.74) is 8.54. The third-order valence-electron chi connectivity index (χ3n) is 6.57. The predicted molar refractivity (Wildman–Crippen MR) is 164 cm³/mol. The number of nitrogens with two attached hydrogens (primary N) is 1. The van der Waals surface area contributed by atoms with Crippen LogP contribution < -0.4 is 15.8 Å². The number of tetrazole rings is 1. The van der Waals surface area contributed by atoms with Crippen LogP contribution in [0.5, 0.6) is 5.75 Å². The van der Waals surface area contributed by atoms with Gasteiger partial charge < -0.3 is 26.0 Å². The molecule has 0 aliphatic rings. The van der Waals surface area contributed by atoms with Crippen LogP contribution in [0.3, 0.4) is 0 Å². The van der Waals surface area contributed by atoms with Crippen molar-refractivity contribution in [1.29, 1.82) is 0 Å². The Morgan fingerprint density at radius 1 is 0.955 bits per heavy atom. The maximum Gasteiger partial charge on any atom is 0.335 e. The summed E-state index contributed by atoms with van der Waals surface area (Å²) in [6.07, 6.45) is 1.11. The number of carbonyl (C=O) groups is 3. The van der Waals surface area contributed by atoms with E-state index in [1.54, 1.807) is 37.4 Å². The minimum absolute atomic E-state index is 0.146. The summed E-state index contributed by atoms with van der Waals surface area (Å²) in [6, 6.07) is 20.9. The number of carbonyl (C=O) groups excluding carboxylic acids is 1. The molecule has 232 valence electrons. The number of nitrogens with zero attached hydrogens (tertiary/aromatic N) is 4. The smallest absolute Gasteiger partial charge is 0.335 e. The number of aromatic nitrogens is 4. The van der Waals surface area contributed by atoms with Crippen molar-refractivity contribution in [1.82, 2.24) is 25.5 Å². The number of amides is 1. The summed E-state index contributed by atoms with van der Waals surface area (Å²) in [4.78, 5) is 35.3. The van der Waals surface area contributed by atoms with Gasteiger partial charge in [0, 0.05) is 24.1 Å². The van der Waals surface area contributed by atoms with Gasteiger partial charge in [-0.2, -0.15) is 4.80 Å². The van der Waals surface area contributed by atoms with E-state index in [1.165, 1.54) is 16.9 Å². The largest absolute Gasteiger partial charge is 0.497 e. The van der Waals surface area contributed by atoms with Gasteiger partial charge in [-0.05, 0) is 77.5 Å². The number of benzene rings is 3. The number of ether oxygens (including phenoxy) is 1. The molecule has 0 saturated heterocycles. The first kappa shape index (κ1) is 33.4. The molecule has 1 amide bonds. The van der Waals surface area contributed by atoms with E-state index in [9.17, 15) is 14.4 Å². The van der Waals surface area contributed by atoms with Crippen LogP contribution in [0.4, 0.5) is 0 Å². The van der Waals surface area contributed by atoms with E-state index < -0.39 is 11.9 Å². The minimum atomic E-state index is -0.989. The van der Waals surface area contributed by atoms with E-state index in [1.807, 2.05) is 30.3 Å². The predicted octanol–water partition coefficient (Wildman–Crippen LogP) is 4.11. The molecule has 4 rings (SSSR count). The minimum Gasteiger partial charge on any atom is -0.497 e. The molecular weight excluding hydrogens is 564 g/mol. The first-order valence-corrected chi connectivity index (χ1v) is 14.1. The van der Waals surface area contributed by atoms with Crippen LogP contribution in [0.2, 0.25) is 0 Å². The number of carboxylic acid groups (broad SMARTS) is 2. The summed E-state index contributed by atoms with van der Waals surface area (Å²) in [5.74, 6) is -0.126. The van der Waals surface area contributed by atoms with Crippen molar-refractivity contribution in [2.24, 2.45) is 17.6 Å². The second-order valence-electron chi connectivity index (χ2n) is 10.6. The highest BCUT2D eigenvalue weighted by Crippen LogP contribution is 2.17. The molecule has 1 aromatic heterocycles. The average Bonchev–Trinajstić information content (AvgIpc) is 3.48. The molecule has 0 radical (unpaired) electrons. The highest BCUT2D eigenvalue weighted by atomic mass is 16.5. The molecule has 12 heteroatoms. The fraction of sp³-hybridized carbons (Fsp3) is 0.312. The van der Waals surface area contributed by atoms with E-state index in [4.69, 9.17) is 20.7 Å². The fourth-order valence-corrected chi connectivity index (χ4v) is 4.35. The quantitative estimate of drug-likeness (QED) is 0.174. The van der Waals surface area contributed by atoms with Crippen LogP contribution in [0.25, 0.3) is 11.4 Å². The molecule has 1 atom stereocenters. The number of hydrogen-bond acceptors (Lipinski definition) is 8. The number of aliphatic carboxylic acids is 1. The van der Waals surface area contributed by atoms with Gasteiger partial charge in [-0.25, -0.2) is 4.79 Å². The molecule has 0 fully saturated rings. The van der Waals surface area contributed by atoms with Crippen molar-refractivity contribution >= 4 is 17.8 Å². The number of aromatic carboxylic acids is 1. The van der Waals surface area contributed by atoms with Gasteiger partial charge in [0.25, 0.3) is 5.91 Å². The number of methoxy groups -OCH3 is 1. The average molecular weight is 603 g/mol. The van der Waals surface area contributed by atoms with Crippen molar-refractivity contribution in [3.8, 4) is 17.1 Å². The van der Waals surface area contributed by atoms with Gasteiger partial charge in [-0.1, -0.05) is 50.2 Å². The van der Waals surface area contributed by atoms with E-state index in [0.717, 1.165) is 23.3 Å². The monoisotopic (exact) mass is 602 g/mol. The Hall–Kier alpha value is -5.10. The molecular formula is C32H38N6O6. The van der Waals surface area contributed by atoms with Crippen molar-refractivity contribution in [3.63, 3.8) is 0 Å². The van der Waals surface area contributed by atoms with Gasteiger partial charge in [0.2, 0.25) is 5.82 Å². The lowest BCUT2D eigenvalue weighted by Crippen LogP contribution is -2.22.